The number of nitrogens with one attached hydrogen (secondary N) is 1. The van der Waals surface area contributed by atoms with Gasteiger partial charge in [-0.05, 0) is 18.1 Å². The number of H-pyrrole nitrogens is 1. The number of piperidine rings is 1. The number of aromatic nitrogens is 2. The van der Waals surface area contributed by atoms with Gasteiger partial charge in [0, 0.05) is 38.5 Å². The third-order valence-corrected chi connectivity index (χ3v) is 5.96. The fraction of sp³-hybridized carbons (Fsp3) is 0.364. The van der Waals surface area contributed by atoms with Gasteiger partial charge in [0.15, 0.2) is 5.78 Å². The Hall–Kier alpha value is -2.66. The molecular weight excluding hydrogens is 338 g/mol. The van der Waals surface area contributed by atoms with Crippen LogP contribution < -0.4 is 4.74 Å². The minimum Gasteiger partial charge on any atom is -0.486 e. The molecule has 1 fully saturated rings. The quantitative estimate of drug-likeness (QED) is 0.774. The number of benzene rings is 2. The molecule has 1 spiro atoms. The summed E-state index contributed by atoms with van der Waals surface area (Å²) in [5.74, 6) is 0.883. The molecular formula is C22H23N3O2. The number of hydrogen-bond acceptors (Lipinski definition) is 4. The molecule has 2 aliphatic heterocycles. The van der Waals surface area contributed by atoms with Gasteiger partial charge in [-0.3, -0.25) is 4.79 Å². The van der Waals surface area contributed by atoms with E-state index in [2.05, 4.69) is 45.2 Å². The molecule has 0 unspecified atom stereocenters. The largest absolute Gasteiger partial charge is 0.486 e. The van der Waals surface area contributed by atoms with E-state index in [9.17, 15) is 4.79 Å². The maximum absolute atomic E-state index is 12.8. The van der Waals surface area contributed by atoms with Crippen molar-refractivity contribution in [2.45, 2.75) is 31.3 Å². The highest BCUT2D eigenvalue weighted by molar-refractivity contribution is 6.03. The second-order valence-electron chi connectivity index (χ2n) is 7.73. The van der Waals surface area contributed by atoms with E-state index in [0.717, 1.165) is 49.9 Å². The summed E-state index contributed by atoms with van der Waals surface area (Å²) < 4.78 is 6.42. The lowest BCUT2D eigenvalue weighted by Crippen LogP contribution is -2.51. The van der Waals surface area contributed by atoms with Crippen molar-refractivity contribution in [3.05, 3.63) is 59.9 Å². The van der Waals surface area contributed by atoms with E-state index in [0.29, 0.717) is 17.7 Å². The van der Waals surface area contributed by atoms with Gasteiger partial charge in [-0.2, -0.15) is 0 Å². The van der Waals surface area contributed by atoms with E-state index >= 15 is 0 Å². The molecule has 138 valence electrons. The number of imidazole rings is 1. The van der Waals surface area contributed by atoms with E-state index < -0.39 is 0 Å². The Labute approximate surface area is 158 Å². The maximum Gasteiger partial charge on any atom is 0.170 e. The second-order valence-corrected chi connectivity index (χ2v) is 7.73. The highest BCUT2D eigenvalue weighted by Gasteiger charge is 2.43. The lowest BCUT2D eigenvalue weighted by Gasteiger charge is -2.44. The number of rotatable bonds is 3. The normalized spacial score (nSPS) is 19.2. The fourth-order valence-electron chi connectivity index (χ4n) is 4.32. The molecule has 5 nitrogen and oxygen atoms in total. The van der Waals surface area contributed by atoms with Crippen LogP contribution in [0.15, 0.2) is 48.8 Å². The highest BCUT2D eigenvalue weighted by Crippen LogP contribution is 2.40. The number of aromatic amines is 1. The van der Waals surface area contributed by atoms with Crippen LogP contribution in [0.1, 0.15) is 35.2 Å². The van der Waals surface area contributed by atoms with Crippen molar-refractivity contribution in [2.75, 3.05) is 19.6 Å². The predicted octanol–water partition coefficient (Wildman–Crippen LogP) is 3.61. The van der Waals surface area contributed by atoms with Gasteiger partial charge >= 0.3 is 0 Å². The number of ketones is 1. The Kier molecular flexibility index (Phi) is 3.97. The minimum atomic E-state index is -0.350. The molecule has 0 atom stereocenters. The monoisotopic (exact) mass is 361 g/mol. The number of hydrogen-bond donors (Lipinski definition) is 1. The Balaban J connectivity index is 1.27. The molecule has 3 heterocycles. The Morgan fingerprint density at radius 2 is 1.96 bits per heavy atom. The molecule has 0 saturated carbocycles. The zero-order valence-electron chi connectivity index (χ0n) is 15.3. The van der Waals surface area contributed by atoms with Gasteiger partial charge in [0.05, 0.1) is 29.3 Å². The molecule has 2 aromatic carbocycles. The zero-order chi connectivity index (χ0) is 18.3. The molecule has 27 heavy (non-hydrogen) atoms. The van der Waals surface area contributed by atoms with Gasteiger partial charge in [0.1, 0.15) is 11.4 Å². The van der Waals surface area contributed by atoms with Crippen molar-refractivity contribution in [1.29, 1.82) is 0 Å². The lowest BCUT2D eigenvalue weighted by molar-refractivity contribution is -0.00855. The Bertz CT molecular complexity index is 972. The van der Waals surface area contributed by atoms with Crippen molar-refractivity contribution in [2.24, 2.45) is 0 Å². The number of fused-ring (bicyclic) bond motifs is 2. The summed E-state index contributed by atoms with van der Waals surface area (Å²) in [4.78, 5) is 22.6. The number of carbonyl (C=O) groups excluding carboxylic acids is 1. The first-order valence-corrected chi connectivity index (χ1v) is 9.66. The average Bonchev–Trinajstić information content (AvgIpc) is 3.14. The maximum atomic E-state index is 12.8. The molecule has 0 radical (unpaired) electrons. The number of carbonyl (C=O) groups is 1. The fourth-order valence-corrected chi connectivity index (χ4v) is 4.32. The van der Waals surface area contributed by atoms with Gasteiger partial charge in [-0.25, -0.2) is 4.98 Å². The zero-order valence-corrected chi connectivity index (χ0v) is 15.3. The summed E-state index contributed by atoms with van der Waals surface area (Å²) in [6.07, 6.45) is 4.98. The molecule has 0 amide bonds. The number of Topliss-reactive ketones (excluding diaryl/α,β-unsaturated/α-hetero) is 1. The van der Waals surface area contributed by atoms with Crippen LogP contribution in [0.3, 0.4) is 0 Å². The van der Waals surface area contributed by atoms with E-state index in [4.69, 9.17) is 4.74 Å². The third kappa shape index (κ3) is 3.12. The number of ether oxygens (including phenoxy) is 1. The molecule has 5 rings (SSSR count). The predicted molar refractivity (Wildman–Crippen MR) is 104 cm³/mol. The van der Waals surface area contributed by atoms with Crippen molar-refractivity contribution < 1.29 is 9.53 Å². The summed E-state index contributed by atoms with van der Waals surface area (Å²) in [6.45, 7) is 3.00. The van der Waals surface area contributed by atoms with Crippen LogP contribution in [-0.4, -0.2) is 45.9 Å². The van der Waals surface area contributed by atoms with Crippen LogP contribution in [0.4, 0.5) is 0 Å². The third-order valence-electron chi connectivity index (χ3n) is 5.96. The van der Waals surface area contributed by atoms with Crippen molar-refractivity contribution in [3.8, 4) is 5.75 Å². The van der Waals surface area contributed by atoms with Crippen LogP contribution in [-0.2, 0) is 6.42 Å². The van der Waals surface area contributed by atoms with Crippen LogP contribution in [0.5, 0.6) is 5.75 Å². The first-order chi connectivity index (χ1) is 13.2. The number of likely N-dealkylation sites (tertiary alicyclic amines) is 1. The minimum absolute atomic E-state index is 0.186. The second kappa shape index (κ2) is 6.50. The van der Waals surface area contributed by atoms with E-state index in [1.165, 1.54) is 5.56 Å². The molecule has 3 aromatic rings. The van der Waals surface area contributed by atoms with Crippen LogP contribution in [0.2, 0.25) is 0 Å². The Morgan fingerprint density at radius 1 is 1.15 bits per heavy atom. The van der Waals surface area contributed by atoms with Gasteiger partial charge in [-0.1, -0.05) is 30.3 Å². The molecule has 1 saturated heterocycles. The topological polar surface area (TPSA) is 58.2 Å². The molecule has 0 bridgehead atoms. The summed E-state index contributed by atoms with van der Waals surface area (Å²) in [5.41, 5.74) is 3.44. The van der Waals surface area contributed by atoms with Crippen LogP contribution >= 0.6 is 0 Å². The number of nitrogens with zero attached hydrogens (tertiary/aromatic N) is 2. The first-order valence-electron chi connectivity index (χ1n) is 9.66. The van der Waals surface area contributed by atoms with Gasteiger partial charge in [-0.15, -0.1) is 0 Å². The summed E-state index contributed by atoms with van der Waals surface area (Å²) in [5, 5.41) is 0. The summed E-state index contributed by atoms with van der Waals surface area (Å²) in [7, 11) is 0. The van der Waals surface area contributed by atoms with Crippen molar-refractivity contribution in [3.63, 3.8) is 0 Å². The first kappa shape index (κ1) is 16.5. The molecule has 2 aliphatic rings. The van der Waals surface area contributed by atoms with Crippen molar-refractivity contribution >= 4 is 16.8 Å². The van der Waals surface area contributed by atoms with Crippen LogP contribution in [0, 0.1) is 0 Å². The van der Waals surface area contributed by atoms with Crippen LogP contribution in [0.25, 0.3) is 11.0 Å². The van der Waals surface area contributed by atoms with E-state index in [1.807, 2.05) is 12.1 Å². The van der Waals surface area contributed by atoms with E-state index in [-0.39, 0.29) is 11.4 Å². The highest BCUT2D eigenvalue weighted by atomic mass is 16.5. The van der Waals surface area contributed by atoms with Gasteiger partial charge in [0.25, 0.3) is 0 Å². The lowest BCUT2D eigenvalue weighted by atomic mass is 9.82. The molecule has 1 N–H and O–H groups in total. The molecule has 1 aromatic heterocycles. The standard InChI is InChI=1S/C22H23N3O2/c26-20-14-22(27-21-13-19-18(12-17(20)21)23-15-24-19)7-10-25(11-8-22)9-6-16-4-2-1-3-5-16/h1-5,12-13,15H,6-11,14H2,(H,23,24). The summed E-state index contributed by atoms with van der Waals surface area (Å²) >= 11 is 0. The molecule has 5 heteroatoms. The SMILES string of the molecule is O=C1CC2(CCN(CCc3ccccc3)CC2)Oc2cc3nc[nH]c3cc21. The van der Waals surface area contributed by atoms with Crippen molar-refractivity contribution in [1.82, 2.24) is 14.9 Å². The van der Waals surface area contributed by atoms with E-state index in [1.54, 1.807) is 6.33 Å². The van der Waals surface area contributed by atoms with Gasteiger partial charge < -0.3 is 14.6 Å². The Morgan fingerprint density at radius 3 is 2.78 bits per heavy atom. The smallest absolute Gasteiger partial charge is 0.170 e. The summed E-state index contributed by atoms with van der Waals surface area (Å²) in [6, 6.07) is 14.4. The average molecular weight is 361 g/mol. The van der Waals surface area contributed by atoms with Gasteiger partial charge in [0.2, 0.25) is 0 Å². The molecule has 0 aliphatic carbocycles.